The summed E-state index contributed by atoms with van der Waals surface area (Å²) in [6.45, 7) is 14.2. The number of nitrogens with one attached hydrogen (secondary N) is 1. The van der Waals surface area contributed by atoms with E-state index in [4.69, 9.17) is 0 Å². The molecule has 118 valence electrons. The van der Waals surface area contributed by atoms with Gasteiger partial charge in [-0.25, -0.2) is 4.79 Å². The predicted octanol–water partition coefficient (Wildman–Crippen LogP) is 2.95. The summed E-state index contributed by atoms with van der Waals surface area (Å²) in [6.07, 6.45) is 1.01. The van der Waals surface area contributed by atoms with Crippen molar-refractivity contribution in [1.29, 1.82) is 0 Å². The van der Waals surface area contributed by atoms with Crippen molar-refractivity contribution >= 4 is 12.0 Å². The van der Waals surface area contributed by atoms with E-state index in [9.17, 15) is 14.7 Å². The molecule has 0 aromatic carbocycles. The van der Waals surface area contributed by atoms with Gasteiger partial charge in [-0.2, -0.15) is 0 Å². The number of nitrogens with zero attached hydrogens (tertiary/aromatic N) is 1. The molecule has 0 bridgehead atoms. The van der Waals surface area contributed by atoms with Crippen LogP contribution in [0.2, 0.25) is 0 Å². The molecule has 1 unspecified atom stereocenters. The molecule has 0 aromatic rings. The van der Waals surface area contributed by atoms with Gasteiger partial charge in [-0.1, -0.05) is 20.3 Å². The summed E-state index contributed by atoms with van der Waals surface area (Å²) < 4.78 is 0. The van der Waals surface area contributed by atoms with E-state index in [2.05, 4.69) is 19.2 Å². The number of carboxylic acid groups (broad SMARTS) is 1. The number of carbonyl (C=O) groups excluding carboxylic acids is 1. The van der Waals surface area contributed by atoms with Crippen LogP contribution in [-0.2, 0) is 4.79 Å². The van der Waals surface area contributed by atoms with Gasteiger partial charge >= 0.3 is 12.0 Å². The average Bonchev–Trinajstić information content (AvgIpc) is 2.34. The quantitative estimate of drug-likeness (QED) is 0.756. The minimum atomic E-state index is -1.04. The van der Waals surface area contributed by atoms with Gasteiger partial charge in [0.05, 0.1) is 11.0 Å². The van der Waals surface area contributed by atoms with Crippen LogP contribution in [0.4, 0.5) is 4.79 Å². The van der Waals surface area contributed by atoms with Crippen LogP contribution >= 0.6 is 0 Å². The lowest BCUT2D eigenvalue weighted by molar-refractivity contribution is -0.150. The minimum Gasteiger partial charge on any atom is -0.481 e. The molecule has 0 radical (unpaired) electrons. The van der Waals surface area contributed by atoms with Crippen LogP contribution in [0.25, 0.3) is 0 Å². The maximum absolute atomic E-state index is 12.3. The number of carboxylic acids is 1. The zero-order valence-electron chi connectivity index (χ0n) is 13.9. The van der Waals surface area contributed by atoms with Crippen molar-refractivity contribution in [2.45, 2.75) is 60.4 Å². The highest BCUT2D eigenvalue weighted by atomic mass is 16.4. The second-order valence-corrected chi connectivity index (χ2v) is 6.54. The molecule has 0 aromatic heterocycles. The Morgan fingerprint density at radius 3 is 2.05 bits per heavy atom. The summed E-state index contributed by atoms with van der Waals surface area (Å²) in [4.78, 5) is 25.4. The first-order chi connectivity index (χ1) is 8.99. The molecule has 1 atom stereocenters. The first kappa shape index (κ1) is 18.7. The number of aliphatic carboxylic acids is 1. The van der Waals surface area contributed by atoms with E-state index in [1.165, 1.54) is 0 Å². The Morgan fingerprint density at radius 1 is 1.20 bits per heavy atom. The summed E-state index contributed by atoms with van der Waals surface area (Å²) >= 11 is 0. The normalized spacial score (nSPS) is 13.8. The van der Waals surface area contributed by atoms with Gasteiger partial charge in [0.25, 0.3) is 0 Å². The van der Waals surface area contributed by atoms with Crippen molar-refractivity contribution in [2.24, 2.45) is 11.3 Å². The number of hydrogen-bond donors (Lipinski definition) is 2. The van der Waals surface area contributed by atoms with Crippen molar-refractivity contribution in [3.05, 3.63) is 0 Å². The van der Waals surface area contributed by atoms with E-state index >= 15 is 0 Å². The van der Waals surface area contributed by atoms with Crippen LogP contribution in [-0.4, -0.2) is 40.6 Å². The van der Waals surface area contributed by atoms with Crippen molar-refractivity contribution in [2.75, 3.05) is 13.1 Å². The fourth-order valence-corrected chi connectivity index (χ4v) is 1.63. The minimum absolute atomic E-state index is 0.202. The second-order valence-electron chi connectivity index (χ2n) is 6.54. The number of amides is 2. The van der Waals surface area contributed by atoms with Gasteiger partial charge in [-0.05, 0) is 40.5 Å². The summed E-state index contributed by atoms with van der Waals surface area (Å²) in [5, 5.41) is 12.2. The van der Waals surface area contributed by atoms with Crippen LogP contribution in [0.1, 0.15) is 54.9 Å². The Bertz CT molecular complexity index is 351. The number of carbonyl (C=O) groups is 2. The van der Waals surface area contributed by atoms with E-state index in [1.807, 2.05) is 6.92 Å². The molecule has 20 heavy (non-hydrogen) atoms. The maximum Gasteiger partial charge on any atom is 0.317 e. The molecule has 0 aliphatic carbocycles. The van der Waals surface area contributed by atoms with Crippen molar-refractivity contribution in [3.8, 4) is 0 Å². The molecule has 0 fully saturated rings. The zero-order valence-corrected chi connectivity index (χ0v) is 13.9. The van der Waals surface area contributed by atoms with E-state index in [1.54, 1.807) is 32.6 Å². The van der Waals surface area contributed by atoms with Gasteiger partial charge in [0.15, 0.2) is 0 Å². The molecule has 0 saturated carbocycles. The molecule has 5 heteroatoms. The van der Waals surface area contributed by atoms with Gasteiger partial charge in [-0.3, -0.25) is 4.79 Å². The van der Waals surface area contributed by atoms with Crippen LogP contribution in [0, 0.1) is 11.3 Å². The van der Waals surface area contributed by atoms with Crippen LogP contribution in [0.5, 0.6) is 0 Å². The molecule has 2 amide bonds. The molecule has 0 aliphatic heterocycles. The van der Waals surface area contributed by atoms with Crippen LogP contribution in [0.15, 0.2) is 0 Å². The first-order valence-corrected chi connectivity index (χ1v) is 7.30. The summed E-state index contributed by atoms with van der Waals surface area (Å²) in [5.41, 5.74) is -1.88. The molecule has 0 saturated heterocycles. The fourth-order valence-electron chi connectivity index (χ4n) is 1.63. The van der Waals surface area contributed by atoms with E-state index < -0.39 is 16.9 Å². The third-order valence-electron chi connectivity index (χ3n) is 4.41. The third-order valence-corrected chi connectivity index (χ3v) is 4.41. The monoisotopic (exact) mass is 286 g/mol. The molecular formula is C15H30N2O3. The van der Waals surface area contributed by atoms with Gasteiger partial charge in [0.1, 0.15) is 0 Å². The molecule has 0 spiro atoms. The highest BCUT2D eigenvalue weighted by Crippen LogP contribution is 2.30. The Labute approximate surface area is 122 Å². The lowest BCUT2D eigenvalue weighted by Gasteiger charge is -2.40. The van der Waals surface area contributed by atoms with Crippen molar-refractivity contribution in [3.63, 3.8) is 0 Å². The third kappa shape index (κ3) is 4.39. The first-order valence-electron chi connectivity index (χ1n) is 7.30. The Hall–Kier alpha value is -1.26. The Balaban J connectivity index is 4.91. The fraction of sp³-hybridized carbons (Fsp3) is 0.867. The zero-order chi connectivity index (χ0) is 16.1. The highest BCUT2D eigenvalue weighted by Gasteiger charge is 2.44. The van der Waals surface area contributed by atoms with Gasteiger partial charge < -0.3 is 15.3 Å². The lowest BCUT2D eigenvalue weighted by Crippen LogP contribution is -2.59. The Kier molecular flexibility index (Phi) is 6.51. The molecule has 0 heterocycles. The molecule has 0 rings (SSSR count). The molecule has 0 aliphatic rings. The predicted molar refractivity (Wildman–Crippen MR) is 80.7 cm³/mol. The summed E-state index contributed by atoms with van der Waals surface area (Å²) in [7, 11) is 0. The summed E-state index contributed by atoms with van der Waals surface area (Å²) in [6, 6.07) is -0.202. The van der Waals surface area contributed by atoms with Gasteiger partial charge in [0, 0.05) is 13.1 Å². The molecular weight excluding hydrogens is 256 g/mol. The smallest absolute Gasteiger partial charge is 0.317 e. The SMILES string of the molecule is CCC(C)CN(CC)C(=O)NC(C)(C)C(C)(C)C(=O)O. The Morgan fingerprint density at radius 2 is 1.70 bits per heavy atom. The van der Waals surface area contributed by atoms with Gasteiger partial charge in [0.2, 0.25) is 0 Å². The lowest BCUT2D eigenvalue weighted by atomic mass is 9.74. The van der Waals surface area contributed by atoms with Crippen LogP contribution < -0.4 is 5.32 Å². The maximum atomic E-state index is 12.3. The van der Waals surface area contributed by atoms with E-state index in [0.717, 1.165) is 6.42 Å². The molecule has 5 nitrogen and oxygen atoms in total. The number of urea groups is 1. The summed E-state index contributed by atoms with van der Waals surface area (Å²) in [5.74, 6) is -0.496. The largest absolute Gasteiger partial charge is 0.481 e. The average molecular weight is 286 g/mol. The van der Waals surface area contributed by atoms with Crippen LogP contribution in [0.3, 0.4) is 0 Å². The van der Waals surface area contributed by atoms with E-state index in [-0.39, 0.29) is 6.03 Å². The number of rotatable bonds is 7. The van der Waals surface area contributed by atoms with Crippen molar-refractivity contribution in [1.82, 2.24) is 10.2 Å². The standard InChI is InChI=1S/C15H30N2O3/c1-8-11(3)10-17(9-2)13(20)16-15(6,7)14(4,5)12(18)19/h11H,8-10H2,1-7H3,(H,16,20)(H,18,19). The highest BCUT2D eigenvalue weighted by molar-refractivity contribution is 5.79. The van der Waals surface area contributed by atoms with E-state index in [0.29, 0.717) is 19.0 Å². The molecule has 2 N–H and O–H groups in total. The topological polar surface area (TPSA) is 69.6 Å². The van der Waals surface area contributed by atoms with Crippen molar-refractivity contribution < 1.29 is 14.7 Å². The van der Waals surface area contributed by atoms with Gasteiger partial charge in [-0.15, -0.1) is 0 Å². The second kappa shape index (κ2) is 6.95. The number of hydrogen-bond acceptors (Lipinski definition) is 2.